The highest BCUT2D eigenvalue weighted by Crippen LogP contribution is 2.41. The Morgan fingerprint density at radius 2 is 1.94 bits per heavy atom. The minimum atomic E-state index is -2.66. The average molecular weight is 264 g/mol. The van der Waals surface area contributed by atoms with E-state index < -0.39 is 11.5 Å². The number of halogens is 3. The van der Waals surface area contributed by atoms with Crippen molar-refractivity contribution in [2.24, 2.45) is 0 Å². The molecule has 1 aromatic carbocycles. The van der Waals surface area contributed by atoms with Crippen LogP contribution < -0.4 is 5.32 Å². The van der Waals surface area contributed by atoms with Crippen LogP contribution in [0.5, 0.6) is 5.75 Å². The molecule has 2 rings (SSSR count). The molecule has 1 heterocycles. The van der Waals surface area contributed by atoms with E-state index in [1.807, 2.05) is 0 Å². The zero-order valence-electron chi connectivity index (χ0n) is 9.54. The van der Waals surface area contributed by atoms with Crippen molar-refractivity contribution >= 4 is 12.4 Å². The lowest BCUT2D eigenvalue weighted by Crippen LogP contribution is -2.50. The third-order valence-corrected chi connectivity index (χ3v) is 3.12. The molecule has 1 unspecified atom stereocenters. The maximum absolute atomic E-state index is 13.4. The van der Waals surface area contributed by atoms with Crippen LogP contribution in [0, 0.1) is 0 Å². The Morgan fingerprint density at radius 3 is 2.53 bits per heavy atom. The Bertz CT molecular complexity index is 400. The number of aromatic hydroxyl groups is 1. The molecule has 0 amide bonds. The average Bonchev–Trinajstić information content (AvgIpc) is 2.16. The number of alkyl halides is 2. The second-order valence-electron chi connectivity index (χ2n) is 4.56. The van der Waals surface area contributed by atoms with E-state index in [4.69, 9.17) is 0 Å². The lowest BCUT2D eigenvalue weighted by Gasteiger charge is -2.39. The van der Waals surface area contributed by atoms with E-state index in [0.29, 0.717) is 5.56 Å². The predicted molar refractivity (Wildman–Crippen MR) is 64.9 cm³/mol. The molecule has 1 aliphatic rings. The molecule has 96 valence electrons. The molecule has 1 fully saturated rings. The van der Waals surface area contributed by atoms with Gasteiger partial charge in [0.15, 0.2) is 0 Å². The van der Waals surface area contributed by atoms with E-state index in [1.54, 1.807) is 25.1 Å². The third kappa shape index (κ3) is 2.87. The number of hydrogen-bond acceptors (Lipinski definition) is 2. The van der Waals surface area contributed by atoms with Crippen LogP contribution in [-0.2, 0) is 5.54 Å². The minimum absolute atomic E-state index is 0. The number of phenolic OH excluding ortho intramolecular Hbond substituents is 1. The van der Waals surface area contributed by atoms with Gasteiger partial charge in [-0.1, -0.05) is 18.2 Å². The highest BCUT2D eigenvalue weighted by atomic mass is 35.5. The normalized spacial score (nSPS) is 27.2. The summed E-state index contributed by atoms with van der Waals surface area (Å²) in [6, 6.07) is 6.64. The minimum Gasteiger partial charge on any atom is -0.508 e. The lowest BCUT2D eigenvalue weighted by atomic mass is 9.82. The van der Waals surface area contributed by atoms with E-state index in [1.165, 1.54) is 6.07 Å². The fraction of sp³-hybridized carbons (Fsp3) is 0.500. The molecule has 1 aromatic rings. The van der Waals surface area contributed by atoms with Crippen LogP contribution in [0.4, 0.5) is 8.78 Å². The van der Waals surface area contributed by atoms with Crippen LogP contribution >= 0.6 is 12.4 Å². The SMILES string of the molecule is CC1(c2ccccc2O)CC(F)(F)CCN1.Cl. The van der Waals surface area contributed by atoms with Gasteiger partial charge in [0, 0.05) is 30.5 Å². The van der Waals surface area contributed by atoms with Crippen molar-refractivity contribution in [1.82, 2.24) is 5.32 Å². The van der Waals surface area contributed by atoms with E-state index >= 15 is 0 Å². The maximum Gasteiger partial charge on any atom is 0.251 e. The van der Waals surface area contributed by atoms with Crippen LogP contribution in [0.2, 0.25) is 0 Å². The van der Waals surface area contributed by atoms with Crippen molar-refractivity contribution < 1.29 is 13.9 Å². The number of piperidine rings is 1. The van der Waals surface area contributed by atoms with Gasteiger partial charge in [-0.05, 0) is 13.0 Å². The van der Waals surface area contributed by atoms with Crippen molar-refractivity contribution in [3.8, 4) is 5.75 Å². The van der Waals surface area contributed by atoms with Gasteiger partial charge in [0.05, 0.1) is 0 Å². The highest BCUT2D eigenvalue weighted by molar-refractivity contribution is 5.85. The lowest BCUT2D eigenvalue weighted by molar-refractivity contribution is -0.0614. The van der Waals surface area contributed by atoms with Crippen molar-refractivity contribution in [2.45, 2.75) is 31.2 Å². The van der Waals surface area contributed by atoms with Crippen LogP contribution in [0.15, 0.2) is 24.3 Å². The number of hydrogen-bond donors (Lipinski definition) is 2. The predicted octanol–water partition coefficient (Wildman–Crippen LogP) is 3.05. The molecule has 0 aromatic heterocycles. The molecule has 1 atom stereocenters. The summed E-state index contributed by atoms with van der Waals surface area (Å²) in [6.45, 7) is 1.97. The first kappa shape index (κ1) is 14.2. The van der Waals surface area contributed by atoms with Gasteiger partial charge in [0.1, 0.15) is 5.75 Å². The van der Waals surface area contributed by atoms with Gasteiger partial charge in [0.2, 0.25) is 0 Å². The van der Waals surface area contributed by atoms with Gasteiger partial charge in [-0.15, -0.1) is 12.4 Å². The summed E-state index contributed by atoms with van der Waals surface area (Å²) in [6.07, 6.45) is -0.423. The van der Waals surface area contributed by atoms with Crippen molar-refractivity contribution in [3.05, 3.63) is 29.8 Å². The second kappa shape index (κ2) is 4.78. The number of phenols is 1. The molecule has 2 nitrogen and oxygen atoms in total. The van der Waals surface area contributed by atoms with Gasteiger partial charge in [-0.2, -0.15) is 0 Å². The van der Waals surface area contributed by atoms with Gasteiger partial charge >= 0.3 is 0 Å². The summed E-state index contributed by atoms with van der Waals surface area (Å²) in [4.78, 5) is 0. The molecule has 1 saturated heterocycles. The first-order valence-electron chi connectivity index (χ1n) is 5.34. The smallest absolute Gasteiger partial charge is 0.251 e. The summed E-state index contributed by atoms with van der Waals surface area (Å²) in [7, 11) is 0. The quantitative estimate of drug-likeness (QED) is 0.816. The van der Waals surface area contributed by atoms with Gasteiger partial charge in [-0.25, -0.2) is 8.78 Å². The molecule has 1 aliphatic heterocycles. The third-order valence-electron chi connectivity index (χ3n) is 3.12. The summed E-state index contributed by atoms with van der Waals surface area (Å²) in [5.41, 5.74) is -0.318. The number of rotatable bonds is 1. The Kier molecular flexibility index (Phi) is 3.99. The van der Waals surface area contributed by atoms with Crippen LogP contribution in [0.1, 0.15) is 25.3 Å². The zero-order valence-corrected chi connectivity index (χ0v) is 10.4. The van der Waals surface area contributed by atoms with Crippen LogP contribution in [-0.4, -0.2) is 17.6 Å². The molecule has 0 aliphatic carbocycles. The topological polar surface area (TPSA) is 32.3 Å². The number of nitrogens with one attached hydrogen (secondary N) is 1. The fourth-order valence-corrected chi connectivity index (χ4v) is 2.32. The number of para-hydroxylation sites is 1. The van der Waals surface area contributed by atoms with Crippen LogP contribution in [0.25, 0.3) is 0 Å². The van der Waals surface area contributed by atoms with Crippen LogP contribution in [0.3, 0.4) is 0 Å². The van der Waals surface area contributed by atoms with E-state index in [2.05, 4.69) is 5.32 Å². The molecule has 17 heavy (non-hydrogen) atoms. The molecule has 0 radical (unpaired) electrons. The summed E-state index contributed by atoms with van der Waals surface area (Å²) < 4.78 is 26.8. The van der Waals surface area contributed by atoms with Crippen molar-refractivity contribution in [1.29, 1.82) is 0 Å². The molecule has 0 bridgehead atoms. The standard InChI is InChI=1S/C12H15F2NO.ClH/c1-11(8-12(13,14)6-7-15-11)9-4-2-3-5-10(9)16;/h2-5,15-16H,6-8H2,1H3;1H. The summed E-state index contributed by atoms with van der Waals surface area (Å²) >= 11 is 0. The Balaban J connectivity index is 0.00000144. The van der Waals surface area contributed by atoms with Gasteiger partial charge in [0.25, 0.3) is 5.92 Å². The monoisotopic (exact) mass is 263 g/mol. The molecular formula is C12H16ClF2NO. The summed E-state index contributed by atoms with van der Waals surface area (Å²) in [5, 5.41) is 12.8. The van der Waals surface area contributed by atoms with Gasteiger partial charge in [-0.3, -0.25) is 0 Å². The van der Waals surface area contributed by atoms with E-state index in [0.717, 1.165) is 0 Å². The summed E-state index contributed by atoms with van der Waals surface area (Å²) in [5.74, 6) is -2.60. The maximum atomic E-state index is 13.4. The zero-order chi connectivity index (χ0) is 11.8. The van der Waals surface area contributed by atoms with Crippen molar-refractivity contribution in [2.75, 3.05) is 6.54 Å². The largest absolute Gasteiger partial charge is 0.508 e. The number of benzene rings is 1. The molecule has 0 spiro atoms. The molecule has 5 heteroatoms. The molecular weight excluding hydrogens is 248 g/mol. The molecule has 2 N–H and O–H groups in total. The Hall–Kier alpha value is -0.870. The first-order valence-corrected chi connectivity index (χ1v) is 5.34. The van der Waals surface area contributed by atoms with E-state index in [-0.39, 0.29) is 37.5 Å². The fourth-order valence-electron chi connectivity index (χ4n) is 2.32. The van der Waals surface area contributed by atoms with Gasteiger partial charge < -0.3 is 10.4 Å². The Labute approximate surface area is 105 Å². The Morgan fingerprint density at radius 1 is 1.29 bits per heavy atom. The van der Waals surface area contributed by atoms with E-state index in [9.17, 15) is 13.9 Å². The second-order valence-corrected chi connectivity index (χ2v) is 4.56. The highest BCUT2D eigenvalue weighted by Gasteiger charge is 2.44. The first-order chi connectivity index (χ1) is 7.43. The van der Waals surface area contributed by atoms with Crippen molar-refractivity contribution in [3.63, 3.8) is 0 Å². The molecule has 0 saturated carbocycles.